The number of methoxy groups -OCH3 is 2. The Labute approximate surface area is 171 Å². The molecule has 0 atom stereocenters. The van der Waals surface area contributed by atoms with Crippen molar-refractivity contribution >= 4 is 20.4 Å². The van der Waals surface area contributed by atoms with E-state index in [4.69, 9.17) is 9.47 Å². The molecule has 0 aromatic heterocycles. The molecular weight excluding hydrogens is 418 g/mol. The number of rotatable bonds is 12. The van der Waals surface area contributed by atoms with Crippen LogP contribution in [0.3, 0.4) is 0 Å². The van der Waals surface area contributed by atoms with Gasteiger partial charge in [0.15, 0.2) is 0 Å². The molecule has 0 heterocycles. The Morgan fingerprint density at radius 2 is 1.00 bits per heavy atom. The van der Waals surface area contributed by atoms with E-state index in [2.05, 4.69) is 9.44 Å². The second-order valence-corrected chi connectivity index (χ2v) is 9.33. The van der Waals surface area contributed by atoms with Gasteiger partial charge in [-0.1, -0.05) is 28.4 Å². The number of benzene rings is 2. The molecule has 29 heavy (non-hydrogen) atoms. The van der Waals surface area contributed by atoms with Crippen molar-refractivity contribution in [2.24, 2.45) is 0 Å². The van der Waals surface area contributed by atoms with E-state index >= 15 is 0 Å². The molecule has 0 aliphatic carbocycles. The van der Waals surface area contributed by atoms with Crippen LogP contribution in [-0.2, 0) is 33.3 Å². The average Bonchev–Trinajstić information content (AvgIpc) is 2.68. The quantitative estimate of drug-likeness (QED) is 0.445. The van der Waals surface area contributed by atoms with E-state index in [0.29, 0.717) is 24.3 Å². The third-order valence-electron chi connectivity index (χ3n) is 3.95. The van der Waals surface area contributed by atoms with Crippen molar-refractivity contribution in [3.63, 3.8) is 0 Å². The van der Waals surface area contributed by atoms with E-state index in [1.54, 1.807) is 66.9 Å². The van der Waals surface area contributed by atoms with Gasteiger partial charge in [-0.2, -0.15) is 16.8 Å². The lowest BCUT2D eigenvalue weighted by Gasteiger charge is -2.10. The molecule has 0 unspecified atom stereocenters. The standard InChI is InChI=1S/C18H25N3O6S2/c1-26-17-7-3-15(4-8-17)11-13-19-28(22,23)21-29(24,25)20-14-12-16-5-9-18(27-2)10-6-16/h3-10,19-21H,11-14H2,1-2H3. The lowest BCUT2D eigenvalue weighted by Crippen LogP contribution is -2.46. The van der Waals surface area contributed by atoms with E-state index in [1.165, 1.54) is 0 Å². The molecule has 11 heteroatoms. The minimum absolute atomic E-state index is 0.0447. The minimum atomic E-state index is -4.22. The monoisotopic (exact) mass is 443 g/mol. The summed E-state index contributed by atoms with van der Waals surface area (Å²) in [5, 5.41) is 0. The molecule has 0 aliphatic rings. The number of ether oxygens (including phenoxy) is 2. The Morgan fingerprint density at radius 3 is 1.31 bits per heavy atom. The summed E-state index contributed by atoms with van der Waals surface area (Å²) >= 11 is 0. The van der Waals surface area contributed by atoms with E-state index in [-0.39, 0.29) is 13.1 Å². The zero-order valence-electron chi connectivity index (χ0n) is 16.2. The van der Waals surface area contributed by atoms with E-state index < -0.39 is 20.4 Å². The highest BCUT2D eigenvalue weighted by Crippen LogP contribution is 2.12. The highest BCUT2D eigenvalue weighted by molar-refractivity contribution is 8.02. The molecule has 0 saturated carbocycles. The Balaban J connectivity index is 1.77. The van der Waals surface area contributed by atoms with Gasteiger partial charge in [0.05, 0.1) is 14.2 Å². The fourth-order valence-corrected chi connectivity index (χ4v) is 4.82. The smallest absolute Gasteiger partial charge is 0.291 e. The number of nitrogens with one attached hydrogen (secondary N) is 3. The lowest BCUT2D eigenvalue weighted by atomic mass is 10.1. The van der Waals surface area contributed by atoms with Crippen LogP contribution in [0.15, 0.2) is 48.5 Å². The van der Waals surface area contributed by atoms with Gasteiger partial charge in [-0.05, 0) is 48.2 Å². The Hall–Kier alpha value is -2.18. The summed E-state index contributed by atoms with van der Waals surface area (Å²) in [6.07, 6.45) is 0.797. The normalized spacial score (nSPS) is 11.9. The van der Waals surface area contributed by atoms with E-state index in [9.17, 15) is 16.8 Å². The zero-order valence-corrected chi connectivity index (χ0v) is 17.8. The topological polar surface area (TPSA) is 123 Å². The Bertz CT molecular complexity index is 894. The third-order valence-corrected chi connectivity index (χ3v) is 6.87. The molecule has 0 spiro atoms. The first kappa shape index (κ1) is 23.1. The van der Waals surface area contributed by atoms with Gasteiger partial charge in [-0.25, -0.2) is 9.44 Å². The second kappa shape index (κ2) is 10.6. The minimum Gasteiger partial charge on any atom is -0.497 e. The predicted molar refractivity (Wildman–Crippen MR) is 110 cm³/mol. The third kappa shape index (κ3) is 8.38. The molecule has 0 aliphatic heterocycles. The first-order chi connectivity index (χ1) is 13.7. The Morgan fingerprint density at radius 1 is 0.655 bits per heavy atom. The van der Waals surface area contributed by atoms with Gasteiger partial charge in [0.2, 0.25) is 0 Å². The van der Waals surface area contributed by atoms with Gasteiger partial charge in [-0.3, -0.25) is 0 Å². The van der Waals surface area contributed by atoms with Crippen LogP contribution in [0.1, 0.15) is 11.1 Å². The van der Waals surface area contributed by atoms with Crippen LogP contribution in [0.2, 0.25) is 0 Å². The first-order valence-corrected chi connectivity index (χ1v) is 11.7. The highest BCUT2D eigenvalue weighted by Gasteiger charge is 2.19. The van der Waals surface area contributed by atoms with Crippen molar-refractivity contribution in [2.45, 2.75) is 12.8 Å². The molecule has 0 amide bonds. The maximum absolute atomic E-state index is 12.0. The second-order valence-electron chi connectivity index (χ2n) is 6.08. The predicted octanol–water partition coefficient (Wildman–Crippen LogP) is 0.747. The summed E-state index contributed by atoms with van der Waals surface area (Å²) in [5.74, 6) is 1.39. The average molecular weight is 444 g/mol. The largest absolute Gasteiger partial charge is 0.497 e. The van der Waals surface area contributed by atoms with Gasteiger partial charge < -0.3 is 9.47 Å². The number of hydrogen-bond donors (Lipinski definition) is 3. The first-order valence-electron chi connectivity index (χ1n) is 8.76. The molecular formula is C18H25N3O6S2. The van der Waals surface area contributed by atoms with Gasteiger partial charge >= 0.3 is 0 Å². The number of hydrogen-bond acceptors (Lipinski definition) is 6. The Kier molecular flexibility index (Phi) is 8.41. The molecule has 0 fully saturated rings. The van der Waals surface area contributed by atoms with Crippen LogP contribution < -0.4 is 23.0 Å². The molecule has 2 rings (SSSR count). The summed E-state index contributed by atoms with van der Waals surface area (Å²) in [6.45, 7) is 0.0893. The fraction of sp³-hybridized carbons (Fsp3) is 0.333. The van der Waals surface area contributed by atoms with Crippen LogP contribution >= 0.6 is 0 Å². The summed E-state index contributed by atoms with van der Waals surface area (Å²) in [5.41, 5.74) is 1.77. The SMILES string of the molecule is COc1ccc(CCNS(=O)(=O)NS(=O)(=O)NCCc2ccc(OC)cc2)cc1. The van der Waals surface area contributed by atoms with Crippen molar-refractivity contribution < 1.29 is 26.3 Å². The van der Waals surface area contributed by atoms with Crippen molar-refractivity contribution in [3.05, 3.63) is 59.7 Å². The van der Waals surface area contributed by atoms with Crippen molar-refractivity contribution in [1.82, 2.24) is 13.6 Å². The molecule has 3 N–H and O–H groups in total. The molecule has 0 bridgehead atoms. The van der Waals surface area contributed by atoms with Gasteiger partial charge in [0, 0.05) is 13.1 Å². The molecule has 9 nitrogen and oxygen atoms in total. The summed E-state index contributed by atoms with van der Waals surface area (Å²) in [6, 6.07) is 14.3. The van der Waals surface area contributed by atoms with Crippen molar-refractivity contribution in [3.8, 4) is 11.5 Å². The molecule has 2 aromatic rings. The van der Waals surface area contributed by atoms with Crippen LogP contribution in [0.4, 0.5) is 0 Å². The summed E-state index contributed by atoms with van der Waals surface area (Å²) < 4.78 is 64.0. The maximum atomic E-state index is 12.0. The van der Waals surface area contributed by atoms with E-state index in [0.717, 1.165) is 11.1 Å². The van der Waals surface area contributed by atoms with Crippen LogP contribution in [0.5, 0.6) is 11.5 Å². The van der Waals surface area contributed by atoms with Gasteiger partial charge in [-0.15, -0.1) is 0 Å². The van der Waals surface area contributed by atoms with E-state index in [1.807, 2.05) is 0 Å². The van der Waals surface area contributed by atoms with Gasteiger partial charge in [0.25, 0.3) is 20.4 Å². The lowest BCUT2D eigenvalue weighted by molar-refractivity contribution is 0.414. The van der Waals surface area contributed by atoms with Crippen molar-refractivity contribution in [1.29, 1.82) is 0 Å². The maximum Gasteiger partial charge on any atom is 0.291 e. The highest BCUT2D eigenvalue weighted by atomic mass is 32.3. The summed E-state index contributed by atoms with van der Waals surface area (Å²) in [7, 11) is -5.32. The molecule has 0 radical (unpaired) electrons. The molecule has 0 saturated heterocycles. The van der Waals surface area contributed by atoms with Crippen molar-refractivity contribution in [2.75, 3.05) is 27.3 Å². The van der Waals surface area contributed by atoms with Crippen LogP contribution in [-0.4, -0.2) is 44.1 Å². The van der Waals surface area contributed by atoms with Gasteiger partial charge in [0.1, 0.15) is 11.5 Å². The fourth-order valence-electron chi connectivity index (χ4n) is 2.45. The van der Waals surface area contributed by atoms with Crippen LogP contribution in [0, 0.1) is 0 Å². The molecule has 2 aromatic carbocycles. The summed E-state index contributed by atoms with van der Waals surface area (Å²) in [4.78, 5) is 0. The van der Waals surface area contributed by atoms with Crippen LogP contribution in [0.25, 0.3) is 0 Å². The zero-order chi connectivity index (χ0) is 21.3. The molecule has 160 valence electrons.